The van der Waals surface area contributed by atoms with Crippen LogP contribution in [0.3, 0.4) is 0 Å². The zero-order valence-corrected chi connectivity index (χ0v) is 18.0. The minimum atomic E-state index is -0.386. The Morgan fingerprint density at radius 1 is 1.30 bits per heavy atom. The Balaban J connectivity index is 1.68. The van der Waals surface area contributed by atoms with Crippen LogP contribution in [0.2, 0.25) is 0 Å². The molecule has 0 bridgehead atoms. The molecule has 1 aromatic heterocycles. The SMILES string of the molecule is COc1ccc(OC)c(NC(=O)CCc2c(C)nn(C3NC(=O)CC(C)N3)c2C)c1. The molecule has 162 valence electrons. The molecule has 1 aliphatic heterocycles. The van der Waals surface area contributed by atoms with Gasteiger partial charge in [0.2, 0.25) is 11.8 Å². The van der Waals surface area contributed by atoms with Crippen LogP contribution in [0.25, 0.3) is 0 Å². The second kappa shape index (κ2) is 9.17. The van der Waals surface area contributed by atoms with Gasteiger partial charge in [0.25, 0.3) is 0 Å². The molecular weight excluding hydrogens is 386 g/mol. The Hall–Kier alpha value is -3.07. The molecule has 1 fully saturated rings. The van der Waals surface area contributed by atoms with Crippen LogP contribution in [0.15, 0.2) is 18.2 Å². The van der Waals surface area contributed by atoms with Gasteiger partial charge in [0.15, 0.2) is 6.29 Å². The van der Waals surface area contributed by atoms with Crippen molar-refractivity contribution >= 4 is 17.5 Å². The molecule has 30 heavy (non-hydrogen) atoms. The normalized spacial score (nSPS) is 18.6. The van der Waals surface area contributed by atoms with Gasteiger partial charge < -0.3 is 20.1 Å². The van der Waals surface area contributed by atoms with Crippen LogP contribution in [-0.4, -0.2) is 41.9 Å². The molecule has 1 aromatic carbocycles. The highest BCUT2D eigenvalue weighted by Gasteiger charge is 2.27. The van der Waals surface area contributed by atoms with Gasteiger partial charge in [-0.2, -0.15) is 5.10 Å². The van der Waals surface area contributed by atoms with Crippen LogP contribution in [0, 0.1) is 13.8 Å². The summed E-state index contributed by atoms with van der Waals surface area (Å²) in [6.07, 6.45) is 0.875. The summed E-state index contributed by atoms with van der Waals surface area (Å²) in [5, 5.41) is 13.7. The van der Waals surface area contributed by atoms with Crippen molar-refractivity contribution in [3.63, 3.8) is 0 Å². The number of benzene rings is 1. The summed E-state index contributed by atoms with van der Waals surface area (Å²) in [4.78, 5) is 24.4. The van der Waals surface area contributed by atoms with Crippen molar-refractivity contribution < 1.29 is 19.1 Å². The third kappa shape index (κ3) is 4.73. The molecule has 3 N–H and O–H groups in total. The number of ether oxygens (including phenoxy) is 2. The van der Waals surface area contributed by atoms with E-state index in [4.69, 9.17) is 9.47 Å². The predicted molar refractivity (Wildman–Crippen MR) is 113 cm³/mol. The first-order valence-corrected chi connectivity index (χ1v) is 9.94. The molecule has 0 aliphatic carbocycles. The summed E-state index contributed by atoms with van der Waals surface area (Å²) in [6.45, 7) is 5.83. The average Bonchev–Trinajstić information content (AvgIpc) is 2.99. The highest BCUT2D eigenvalue weighted by atomic mass is 16.5. The summed E-state index contributed by atoms with van der Waals surface area (Å²) >= 11 is 0. The van der Waals surface area contributed by atoms with Crippen LogP contribution in [0.1, 0.15) is 43.0 Å². The molecule has 2 amide bonds. The number of amides is 2. The van der Waals surface area contributed by atoms with E-state index in [1.807, 2.05) is 20.8 Å². The number of aryl methyl sites for hydroxylation is 1. The maximum absolute atomic E-state index is 12.6. The van der Waals surface area contributed by atoms with Gasteiger partial charge in [0.05, 0.1) is 25.6 Å². The molecule has 1 aliphatic rings. The highest BCUT2D eigenvalue weighted by Crippen LogP contribution is 2.29. The molecule has 9 heteroatoms. The first kappa shape index (κ1) is 21.6. The lowest BCUT2D eigenvalue weighted by molar-refractivity contribution is -0.125. The standard InChI is InChI=1S/C21H29N5O4/c1-12-10-20(28)24-21(22-12)26-14(3)16(13(2)25-26)7-9-19(27)23-17-11-15(29-4)6-8-18(17)30-5/h6,8,11-12,21-22H,7,9-10H2,1-5H3,(H,23,27)(H,24,28). The quantitative estimate of drug-likeness (QED) is 0.639. The smallest absolute Gasteiger partial charge is 0.224 e. The lowest BCUT2D eigenvalue weighted by atomic mass is 10.1. The van der Waals surface area contributed by atoms with Crippen LogP contribution in [0.4, 0.5) is 5.69 Å². The average molecular weight is 415 g/mol. The number of methoxy groups -OCH3 is 2. The summed E-state index contributed by atoms with van der Waals surface area (Å²) in [7, 11) is 3.12. The van der Waals surface area contributed by atoms with E-state index in [2.05, 4.69) is 21.0 Å². The molecule has 0 spiro atoms. The van der Waals surface area contributed by atoms with Crippen molar-refractivity contribution in [1.29, 1.82) is 0 Å². The minimum Gasteiger partial charge on any atom is -0.497 e. The van der Waals surface area contributed by atoms with Crippen molar-refractivity contribution in [3.05, 3.63) is 35.2 Å². The number of anilines is 1. The molecule has 2 unspecified atom stereocenters. The fraction of sp³-hybridized carbons (Fsp3) is 0.476. The molecule has 9 nitrogen and oxygen atoms in total. The van der Waals surface area contributed by atoms with E-state index in [1.54, 1.807) is 37.1 Å². The van der Waals surface area contributed by atoms with Crippen LogP contribution in [0.5, 0.6) is 11.5 Å². The molecule has 2 atom stereocenters. The third-order valence-electron chi connectivity index (χ3n) is 5.23. The summed E-state index contributed by atoms with van der Waals surface area (Å²) in [6, 6.07) is 5.32. The van der Waals surface area contributed by atoms with Crippen LogP contribution >= 0.6 is 0 Å². The zero-order chi connectivity index (χ0) is 21.8. The maximum Gasteiger partial charge on any atom is 0.224 e. The van der Waals surface area contributed by atoms with E-state index >= 15 is 0 Å². The number of nitrogens with one attached hydrogen (secondary N) is 3. The second-order valence-electron chi connectivity index (χ2n) is 7.45. The number of rotatable bonds is 7. The Kier molecular flexibility index (Phi) is 6.61. The minimum absolute atomic E-state index is 0.00744. The molecule has 3 rings (SSSR count). The molecular formula is C21H29N5O4. The van der Waals surface area contributed by atoms with E-state index in [9.17, 15) is 9.59 Å². The van der Waals surface area contributed by atoms with Gasteiger partial charge in [0.1, 0.15) is 11.5 Å². The van der Waals surface area contributed by atoms with Gasteiger partial charge in [-0.15, -0.1) is 0 Å². The van der Waals surface area contributed by atoms with Crippen LogP contribution < -0.4 is 25.4 Å². The van der Waals surface area contributed by atoms with Gasteiger partial charge in [-0.3, -0.25) is 14.9 Å². The van der Waals surface area contributed by atoms with Crippen molar-refractivity contribution in [2.75, 3.05) is 19.5 Å². The first-order valence-electron chi connectivity index (χ1n) is 9.94. The number of carbonyl (C=O) groups excluding carboxylic acids is 2. The number of nitrogens with zero attached hydrogens (tertiary/aromatic N) is 2. The first-order chi connectivity index (χ1) is 14.3. The number of hydrogen-bond acceptors (Lipinski definition) is 6. The van der Waals surface area contributed by atoms with Crippen molar-refractivity contribution in [2.24, 2.45) is 0 Å². The topological polar surface area (TPSA) is 107 Å². The maximum atomic E-state index is 12.6. The molecule has 2 aromatic rings. The van der Waals surface area contributed by atoms with E-state index in [0.717, 1.165) is 17.0 Å². The van der Waals surface area contributed by atoms with E-state index in [-0.39, 0.29) is 30.6 Å². The van der Waals surface area contributed by atoms with Gasteiger partial charge in [-0.25, -0.2) is 4.68 Å². The molecule has 2 heterocycles. The van der Waals surface area contributed by atoms with Crippen molar-refractivity contribution in [1.82, 2.24) is 20.4 Å². The van der Waals surface area contributed by atoms with Crippen molar-refractivity contribution in [2.45, 2.75) is 52.4 Å². The second-order valence-corrected chi connectivity index (χ2v) is 7.45. The van der Waals surface area contributed by atoms with Gasteiger partial charge in [-0.05, 0) is 44.9 Å². The Labute approximate surface area is 176 Å². The molecule has 1 saturated heterocycles. The zero-order valence-electron chi connectivity index (χ0n) is 18.0. The summed E-state index contributed by atoms with van der Waals surface area (Å²) < 4.78 is 12.3. The largest absolute Gasteiger partial charge is 0.497 e. The fourth-order valence-electron chi connectivity index (χ4n) is 3.66. The fourth-order valence-corrected chi connectivity index (χ4v) is 3.66. The van der Waals surface area contributed by atoms with E-state index in [0.29, 0.717) is 30.0 Å². The van der Waals surface area contributed by atoms with E-state index in [1.165, 1.54) is 0 Å². The monoisotopic (exact) mass is 415 g/mol. The lowest BCUT2D eigenvalue weighted by Gasteiger charge is -2.30. The van der Waals surface area contributed by atoms with E-state index < -0.39 is 0 Å². The third-order valence-corrected chi connectivity index (χ3v) is 5.23. The number of hydrogen-bond donors (Lipinski definition) is 3. The predicted octanol–water partition coefficient (Wildman–Crippen LogP) is 2.04. The molecule has 0 radical (unpaired) electrons. The lowest BCUT2D eigenvalue weighted by Crippen LogP contribution is -2.52. The van der Waals surface area contributed by atoms with Gasteiger partial charge >= 0.3 is 0 Å². The number of carbonyl (C=O) groups is 2. The number of aromatic nitrogens is 2. The Bertz CT molecular complexity index is 940. The van der Waals surface area contributed by atoms with Gasteiger partial charge in [0, 0.05) is 30.6 Å². The summed E-state index contributed by atoms with van der Waals surface area (Å²) in [5.74, 6) is 1.06. The highest BCUT2D eigenvalue weighted by molar-refractivity contribution is 5.92. The summed E-state index contributed by atoms with van der Waals surface area (Å²) in [5.41, 5.74) is 3.32. The van der Waals surface area contributed by atoms with Gasteiger partial charge in [-0.1, -0.05) is 0 Å². The van der Waals surface area contributed by atoms with Crippen LogP contribution in [-0.2, 0) is 16.0 Å². The molecule has 0 saturated carbocycles. The Morgan fingerprint density at radius 2 is 2.07 bits per heavy atom. The van der Waals surface area contributed by atoms with Crippen molar-refractivity contribution in [3.8, 4) is 11.5 Å². The Morgan fingerprint density at radius 3 is 2.73 bits per heavy atom.